The average Bonchev–Trinajstić information content (AvgIpc) is 3.20. The predicted molar refractivity (Wildman–Crippen MR) is 137 cm³/mol. The number of hydrogen-bond acceptors (Lipinski definition) is 7. The van der Waals surface area contributed by atoms with Gasteiger partial charge in [0.05, 0.1) is 29.2 Å². The van der Waals surface area contributed by atoms with Gasteiger partial charge in [0.25, 0.3) is 0 Å². The lowest BCUT2D eigenvalue weighted by molar-refractivity contribution is 0.0882. The van der Waals surface area contributed by atoms with Crippen molar-refractivity contribution in [2.75, 3.05) is 19.1 Å². The highest BCUT2D eigenvalue weighted by molar-refractivity contribution is 9.10. The molecule has 3 N–H and O–H groups in total. The summed E-state index contributed by atoms with van der Waals surface area (Å²) in [5, 5.41) is 37.0. The first kappa shape index (κ1) is 27.4. The van der Waals surface area contributed by atoms with Crippen LogP contribution in [-0.4, -0.2) is 61.6 Å². The fourth-order valence-corrected chi connectivity index (χ4v) is 4.11. The van der Waals surface area contributed by atoms with Crippen molar-refractivity contribution in [1.29, 1.82) is 0 Å². The summed E-state index contributed by atoms with van der Waals surface area (Å²) in [6.07, 6.45) is -1.49. The molecule has 3 rings (SSSR count). The van der Waals surface area contributed by atoms with E-state index in [1.54, 1.807) is 11.6 Å². The number of aliphatic hydroxyl groups excluding tert-OH is 3. The van der Waals surface area contributed by atoms with Crippen LogP contribution in [0.1, 0.15) is 36.4 Å². The van der Waals surface area contributed by atoms with Crippen LogP contribution in [0.3, 0.4) is 0 Å². The standard InChI is InChI=1S/C25H31BrClN3O5/c1-16-23(13-31)28-29-30(16)12-20(33)15-34-21-7-4-17(5-8-21)25(2,3)18-6-9-24(22(26)10-18)35-14-19(32)11-27/h4-10,19-20,31-33H,11-15H2,1-3H3. The van der Waals surface area contributed by atoms with Gasteiger partial charge in [-0.1, -0.05) is 37.3 Å². The normalized spacial score (nSPS) is 13.5. The molecule has 2 unspecified atom stereocenters. The molecule has 3 aromatic rings. The second-order valence-electron chi connectivity index (χ2n) is 8.84. The van der Waals surface area contributed by atoms with Crippen molar-refractivity contribution in [2.45, 2.75) is 51.5 Å². The van der Waals surface area contributed by atoms with E-state index in [1.165, 1.54) is 0 Å². The molecule has 8 nitrogen and oxygen atoms in total. The molecule has 0 saturated heterocycles. The van der Waals surface area contributed by atoms with Gasteiger partial charge in [0, 0.05) is 5.41 Å². The summed E-state index contributed by atoms with van der Waals surface area (Å²) >= 11 is 9.18. The van der Waals surface area contributed by atoms with Crippen molar-refractivity contribution in [1.82, 2.24) is 15.0 Å². The monoisotopic (exact) mass is 567 g/mol. The van der Waals surface area contributed by atoms with Crippen molar-refractivity contribution in [3.63, 3.8) is 0 Å². The number of benzene rings is 2. The molecule has 2 aromatic carbocycles. The van der Waals surface area contributed by atoms with Crippen molar-refractivity contribution in [3.8, 4) is 11.5 Å². The van der Waals surface area contributed by atoms with E-state index in [4.69, 9.17) is 21.1 Å². The number of aromatic nitrogens is 3. The average molecular weight is 569 g/mol. The Kier molecular flexibility index (Phi) is 9.54. The molecule has 2 atom stereocenters. The third kappa shape index (κ3) is 6.95. The number of alkyl halides is 1. The molecular weight excluding hydrogens is 538 g/mol. The predicted octanol–water partition coefficient (Wildman–Crippen LogP) is 3.59. The second kappa shape index (κ2) is 12.2. The Morgan fingerprint density at radius 1 is 1.03 bits per heavy atom. The van der Waals surface area contributed by atoms with E-state index in [9.17, 15) is 15.3 Å². The van der Waals surface area contributed by atoms with Gasteiger partial charge in [0.15, 0.2) is 0 Å². The first-order chi connectivity index (χ1) is 16.6. The molecule has 0 aliphatic rings. The number of hydrogen-bond donors (Lipinski definition) is 3. The molecule has 0 spiro atoms. The van der Waals surface area contributed by atoms with Crippen molar-refractivity contribution in [3.05, 3.63) is 69.5 Å². The molecular formula is C25H31BrClN3O5. The molecule has 0 fully saturated rings. The first-order valence-corrected chi connectivity index (χ1v) is 12.6. The van der Waals surface area contributed by atoms with Gasteiger partial charge < -0.3 is 24.8 Å². The molecule has 0 aliphatic carbocycles. The number of halogens is 2. The Morgan fingerprint density at radius 2 is 1.69 bits per heavy atom. The lowest BCUT2D eigenvalue weighted by atomic mass is 9.78. The SMILES string of the molecule is Cc1c(CO)nnn1CC(O)COc1ccc(C(C)(C)c2ccc(OCC(O)CCl)c(Br)c2)cc1. The zero-order valence-corrected chi connectivity index (χ0v) is 22.3. The van der Waals surface area contributed by atoms with E-state index < -0.39 is 12.2 Å². The smallest absolute Gasteiger partial charge is 0.133 e. The zero-order valence-electron chi connectivity index (χ0n) is 20.0. The third-order valence-corrected chi connectivity index (χ3v) is 6.87. The Bertz CT molecular complexity index is 1110. The first-order valence-electron chi connectivity index (χ1n) is 11.2. The number of aliphatic hydroxyl groups is 3. The summed E-state index contributed by atoms with van der Waals surface area (Å²) in [5.41, 5.74) is 3.11. The Hall–Kier alpha value is -2.17. The third-order valence-electron chi connectivity index (χ3n) is 5.89. The van der Waals surface area contributed by atoms with Gasteiger partial charge in [-0.3, -0.25) is 0 Å². The molecule has 10 heteroatoms. The Balaban J connectivity index is 1.60. The van der Waals surface area contributed by atoms with Gasteiger partial charge in [-0.05, 0) is 58.2 Å². The molecule has 0 amide bonds. The van der Waals surface area contributed by atoms with Gasteiger partial charge in [-0.2, -0.15) is 0 Å². The number of ether oxygens (including phenoxy) is 2. The van der Waals surface area contributed by atoms with Gasteiger partial charge in [-0.25, -0.2) is 4.68 Å². The van der Waals surface area contributed by atoms with Gasteiger partial charge in [0.1, 0.15) is 42.6 Å². The Morgan fingerprint density at radius 3 is 2.29 bits per heavy atom. The van der Waals surface area contributed by atoms with Gasteiger partial charge >= 0.3 is 0 Å². The van der Waals surface area contributed by atoms with Crippen molar-refractivity contribution in [2.24, 2.45) is 0 Å². The Labute approximate surface area is 218 Å². The van der Waals surface area contributed by atoms with Crippen LogP contribution in [-0.2, 0) is 18.6 Å². The van der Waals surface area contributed by atoms with Gasteiger partial charge in [0.2, 0.25) is 0 Å². The fourth-order valence-electron chi connectivity index (χ4n) is 3.53. The van der Waals surface area contributed by atoms with E-state index in [0.717, 1.165) is 21.3 Å². The molecule has 0 radical (unpaired) electrons. The zero-order chi connectivity index (χ0) is 25.6. The molecule has 0 aliphatic heterocycles. The fraction of sp³-hybridized carbons (Fsp3) is 0.440. The van der Waals surface area contributed by atoms with E-state index in [1.807, 2.05) is 42.5 Å². The molecule has 190 valence electrons. The highest BCUT2D eigenvalue weighted by atomic mass is 79.9. The van der Waals surface area contributed by atoms with Crippen LogP contribution < -0.4 is 9.47 Å². The van der Waals surface area contributed by atoms with Crippen LogP contribution >= 0.6 is 27.5 Å². The van der Waals surface area contributed by atoms with Crippen LogP contribution in [0.25, 0.3) is 0 Å². The molecule has 35 heavy (non-hydrogen) atoms. The van der Waals surface area contributed by atoms with Crippen LogP contribution in [0, 0.1) is 6.92 Å². The minimum atomic E-state index is -0.776. The second-order valence-corrected chi connectivity index (χ2v) is 10.0. The van der Waals surface area contributed by atoms with E-state index in [0.29, 0.717) is 17.2 Å². The highest BCUT2D eigenvalue weighted by Gasteiger charge is 2.24. The summed E-state index contributed by atoms with van der Waals surface area (Å²) in [5.74, 6) is 1.41. The molecule has 1 aromatic heterocycles. The topological polar surface area (TPSA) is 110 Å². The molecule has 0 bridgehead atoms. The van der Waals surface area contributed by atoms with Crippen molar-refractivity contribution < 1.29 is 24.8 Å². The maximum absolute atomic E-state index is 10.3. The number of nitrogens with zero attached hydrogens (tertiary/aromatic N) is 3. The van der Waals surface area contributed by atoms with Crippen LogP contribution in [0.5, 0.6) is 11.5 Å². The minimum absolute atomic E-state index is 0.101. The highest BCUT2D eigenvalue weighted by Crippen LogP contribution is 2.36. The molecule has 0 saturated carbocycles. The minimum Gasteiger partial charge on any atom is -0.491 e. The molecule has 1 heterocycles. The lowest BCUT2D eigenvalue weighted by Crippen LogP contribution is -2.25. The summed E-state index contributed by atoms with van der Waals surface area (Å²) in [7, 11) is 0. The maximum atomic E-state index is 10.3. The van der Waals surface area contributed by atoms with E-state index >= 15 is 0 Å². The van der Waals surface area contributed by atoms with E-state index in [2.05, 4.69) is 40.1 Å². The largest absolute Gasteiger partial charge is 0.491 e. The number of rotatable bonds is 12. The van der Waals surface area contributed by atoms with Crippen LogP contribution in [0.15, 0.2) is 46.9 Å². The summed E-state index contributed by atoms with van der Waals surface area (Å²) in [6.45, 7) is 6.33. The van der Waals surface area contributed by atoms with Crippen LogP contribution in [0.2, 0.25) is 0 Å². The van der Waals surface area contributed by atoms with Crippen molar-refractivity contribution >= 4 is 27.5 Å². The van der Waals surface area contributed by atoms with Gasteiger partial charge in [-0.15, -0.1) is 16.7 Å². The quantitative estimate of drug-likeness (QED) is 0.287. The van der Waals surface area contributed by atoms with E-state index in [-0.39, 0.29) is 37.7 Å². The van der Waals surface area contributed by atoms with Crippen LogP contribution in [0.4, 0.5) is 0 Å². The summed E-state index contributed by atoms with van der Waals surface area (Å²) in [6, 6.07) is 13.7. The maximum Gasteiger partial charge on any atom is 0.133 e. The summed E-state index contributed by atoms with van der Waals surface area (Å²) in [4.78, 5) is 0. The summed E-state index contributed by atoms with van der Waals surface area (Å²) < 4.78 is 13.8. The lowest BCUT2D eigenvalue weighted by Gasteiger charge is -2.27.